The van der Waals surface area contributed by atoms with Crippen LogP contribution in [-0.2, 0) is 4.57 Å². The van der Waals surface area contributed by atoms with Crippen LogP contribution in [0.3, 0.4) is 0 Å². The maximum absolute atomic E-state index is 8.88. The summed E-state index contributed by atoms with van der Waals surface area (Å²) in [4.78, 5) is 27.8. The number of phosphoric acid groups is 1. The van der Waals surface area contributed by atoms with Gasteiger partial charge in [-0.05, 0) is 6.92 Å². The predicted octanol–water partition coefficient (Wildman–Crippen LogP) is -0.578. The van der Waals surface area contributed by atoms with Crippen LogP contribution in [0.25, 0.3) is 0 Å². The van der Waals surface area contributed by atoms with Crippen LogP contribution >= 0.6 is 7.82 Å². The Morgan fingerprint density at radius 2 is 2.08 bits per heavy atom. The minimum atomic E-state index is -4.64. The van der Waals surface area contributed by atoms with E-state index in [0.717, 1.165) is 19.6 Å². The van der Waals surface area contributed by atoms with Crippen molar-refractivity contribution >= 4 is 14.2 Å². The van der Waals surface area contributed by atoms with Gasteiger partial charge in [-0.3, -0.25) is 4.99 Å². The topological polar surface area (TPSA) is 93.4 Å². The van der Waals surface area contributed by atoms with Gasteiger partial charge in [-0.15, -0.1) is 0 Å². The van der Waals surface area contributed by atoms with Crippen molar-refractivity contribution in [3.63, 3.8) is 0 Å². The van der Waals surface area contributed by atoms with Crippen LogP contribution in [0.5, 0.6) is 0 Å². The molecule has 1 aliphatic heterocycles. The highest BCUT2D eigenvalue weighted by Crippen LogP contribution is 2.25. The molecule has 12 heavy (non-hydrogen) atoms. The maximum Gasteiger partial charge on any atom is 0.466 e. The zero-order valence-electron chi connectivity index (χ0n) is 6.79. The first-order chi connectivity index (χ1) is 5.43. The molecule has 1 heterocycles. The van der Waals surface area contributed by atoms with Crippen molar-refractivity contribution in [1.82, 2.24) is 4.90 Å². The van der Waals surface area contributed by atoms with Crippen LogP contribution in [0.15, 0.2) is 4.99 Å². The van der Waals surface area contributed by atoms with E-state index in [4.69, 9.17) is 19.2 Å². The normalized spacial score (nSPS) is 15.8. The van der Waals surface area contributed by atoms with Gasteiger partial charge in [0, 0.05) is 13.1 Å². The SMILES string of the molecule is CCN1C=NCC1.O=P(O)(O)O. The summed E-state index contributed by atoms with van der Waals surface area (Å²) in [5.41, 5.74) is 0. The third kappa shape index (κ3) is 9.58. The van der Waals surface area contributed by atoms with Crippen molar-refractivity contribution in [2.75, 3.05) is 19.6 Å². The van der Waals surface area contributed by atoms with Gasteiger partial charge < -0.3 is 19.6 Å². The van der Waals surface area contributed by atoms with Crippen LogP contribution in [0.1, 0.15) is 6.92 Å². The van der Waals surface area contributed by atoms with E-state index in [0.29, 0.717) is 0 Å². The molecule has 1 aliphatic rings. The Balaban J connectivity index is 0.000000217. The van der Waals surface area contributed by atoms with E-state index in [-0.39, 0.29) is 0 Å². The molecular formula is C5H13N2O4P. The fourth-order valence-corrected chi connectivity index (χ4v) is 0.657. The molecule has 0 saturated carbocycles. The molecule has 0 fully saturated rings. The number of likely N-dealkylation sites (N-methyl/N-ethyl adjacent to an activating group) is 1. The summed E-state index contributed by atoms with van der Waals surface area (Å²) < 4.78 is 8.88. The van der Waals surface area contributed by atoms with Gasteiger partial charge in [0.1, 0.15) is 0 Å². The Labute approximate surface area is 70.8 Å². The molecule has 0 saturated heterocycles. The third-order valence-electron chi connectivity index (χ3n) is 1.17. The lowest BCUT2D eigenvalue weighted by atomic mass is 10.6. The molecule has 0 bridgehead atoms. The van der Waals surface area contributed by atoms with E-state index < -0.39 is 7.82 Å². The van der Waals surface area contributed by atoms with Crippen molar-refractivity contribution in [3.05, 3.63) is 0 Å². The summed E-state index contributed by atoms with van der Waals surface area (Å²) in [7, 11) is -4.64. The molecule has 7 heteroatoms. The maximum atomic E-state index is 8.88. The van der Waals surface area contributed by atoms with Crippen LogP contribution in [0.2, 0.25) is 0 Å². The quantitative estimate of drug-likeness (QED) is 0.488. The first-order valence-corrected chi connectivity index (χ1v) is 5.02. The van der Waals surface area contributed by atoms with E-state index in [2.05, 4.69) is 16.8 Å². The molecule has 0 aliphatic carbocycles. The average Bonchev–Trinajstić information content (AvgIpc) is 2.33. The zero-order valence-corrected chi connectivity index (χ0v) is 7.68. The van der Waals surface area contributed by atoms with E-state index in [1.165, 1.54) is 0 Å². The second-order valence-electron chi connectivity index (χ2n) is 2.16. The first-order valence-electron chi connectivity index (χ1n) is 3.45. The Bertz CT molecular complexity index is 182. The van der Waals surface area contributed by atoms with E-state index in [1.807, 2.05) is 6.34 Å². The molecule has 3 N–H and O–H groups in total. The fraction of sp³-hybridized carbons (Fsp3) is 0.800. The summed E-state index contributed by atoms with van der Waals surface area (Å²) in [6.07, 6.45) is 1.92. The van der Waals surface area contributed by atoms with Crippen molar-refractivity contribution in [1.29, 1.82) is 0 Å². The van der Waals surface area contributed by atoms with Crippen molar-refractivity contribution in [3.8, 4) is 0 Å². The van der Waals surface area contributed by atoms with Gasteiger partial charge in [-0.25, -0.2) is 4.57 Å². The van der Waals surface area contributed by atoms with Gasteiger partial charge in [0.05, 0.1) is 12.9 Å². The molecular weight excluding hydrogens is 183 g/mol. The standard InChI is InChI=1S/C5H10N2.H3O4P/c1-2-7-4-3-6-5-7;1-5(2,3)4/h5H,2-4H2,1H3;(H3,1,2,3,4). The van der Waals surface area contributed by atoms with Gasteiger partial charge in [-0.1, -0.05) is 0 Å². The Morgan fingerprint density at radius 1 is 1.58 bits per heavy atom. The Hall–Kier alpha value is -0.420. The van der Waals surface area contributed by atoms with Gasteiger partial charge >= 0.3 is 7.82 Å². The molecule has 0 spiro atoms. The molecule has 0 radical (unpaired) electrons. The smallest absolute Gasteiger partial charge is 0.361 e. The molecule has 0 aromatic rings. The second kappa shape index (κ2) is 5.27. The third-order valence-corrected chi connectivity index (χ3v) is 1.17. The van der Waals surface area contributed by atoms with Crippen molar-refractivity contribution < 1.29 is 19.2 Å². The highest BCUT2D eigenvalue weighted by Gasteiger charge is 2.00. The second-order valence-corrected chi connectivity index (χ2v) is 3.19. The van der Waals surface area contributed by atoms with E-state index in [1.54, 1.807) is 0 Å². The lowest BCUT2D eigenvalue weighted by molar-refractivity contribution is 0.275. The van der Waals surface area contributed by atoms with Crippen LogP contribution in [0, 0.1) is 0 Å². The summed E-state index contributed by atoms with van der Waals surface area (Å²) >= 11 is 0. The van der Waals surface area contributed by atoms with Gasteiger partial charge in [0.2, 0.25) is 0 Å². The molecule has 0 aromatic heterocycles. The van der Waals surface area contributed by atoms with Gasteiger partial charge in [-0.2, -0.15) is 0 Å². The largest absolute Gasteiger partial charge is 0.466 e. The summed E-state index contributed by atoms with van der Waals surface area (Å²) in [5, 5.41) is 0. The predicted molar refractivity (Wildman–Crippen MR) is 44.9 cm³/mol. The molecule has 6 nitrogen and oxygen atoms in total. The average molecular weight is 196 g/mol. The minimum absolute atomic E-state index is 0.994. The van der Waals surface area contributed by atoms with Gasteiger partial charge in [0.25, 0.3) is 0 Å². The Morgan fingerprint density at radius 3 is 2.25 bits per heavy atom. The summed E-state index contributed by atoms with van der Waals surface area (Å²) in [6, 6.07) is 0. The lowest BCUT2D eigenvalue weighted by Gasteiger charge is -2.07. The molecule has 0 amide bonds. The lowest BCUT2D eigenvalue weighted by Crippen LogP contribution is -2.18. The van der Waals surface area contributed by atoms with Crippen LogP contribution in [0.4, 0.5) is 0 Å². The van der Waals surface area contributed by atoms with Crippen LogP contribution < -0.4 is 0 Å². The molecule has 0 atom stereocenters. The molecule has 0 unspecified atom stereocenters. The van der Waals surface area contributed by atoms with E-state index in [9.17, 15) is 0 Å². The zero-order chi connectivity index (χ0) is 9.61. The number of rotatable bonds is 1. The Kier molecular flexibility index (Phi) is 5.08. The van der Waals surface area contributed by atoms with Crippen LogP contribution in [-0.4, -0.2) is 45.6 Å². The number of nitrogens with zero attached hydrogens (tertiary/aromatic N) is 2. The molecule has 72 valence electrons. The molecule has 1 rings (SSSR count). The highest BCUT2D eigenvalue weighted by molar-refractivity contribution is 7.45. The highest BCUT2D eigenvalue weighted by atomic mass is 31.2. The summed E-state index contributed by atoms with van der Waals surface area (Å²) in [6.45, 7) is 5.35. The minimum Gasteiger partial charge on any atom is -0.361 e. The number of aliphatic imine (C=N–C) groups is 1. The van der Waals surface area contributed by atoms with Gasteiger partial charge in [0.15, 0.2) is 0 Å². The van der Waals surface area contributed by atoms with Crippen molar-refractivity contribution in [2.24, 2.45) is 4.99 Å². The number of hydrogen-bond donors (Lipinski definition) is 3. The van der Waals surface area contributed by atoms with Crippen molar-refractivity contribution in [2.45, 2.75) is 6.92 Å². The monoisotopic (exact) mass is 196 g/mol. The summed E-state index contributed by atoms with van der Waals surface area (Å²) in [5.74, 6) is 0. The molecule has 0 aromatic carbocycles. The number of hydrogen-bond acceptors (Lipinski definition) is 3. The fourth-order valence-electron chi connectivity index (χ4n) is 0.657. The first kappa shape index (κ1) is 11.6. The van der Waals surface area contributed by atoms with E-state index >= 15 is 0 Å².